The normalized spacial score (nSPS) is 10.6. The van der Waals surface area contributed by atoms with Crippen LogP contribution >= 0.6 is 0 Å². The Morgan fingerprint density at radius 1 is 1.14 bits per heavy atom. The number of hydrogen-bond donors (Lipinski definition) is 1. The van der Waals surface area contributed by atoms with Gasteiger partial charge in [-0.25, -0.2) is 0 Å². The highest BCUT2D eigenvalue weighted by atomic mass is 32.3. The van der Waals surface area contributed by atoms with Gasteiger partial charge in [0.25, 0.3) is 0 Å². The molecule has 0 radical (unpaired) electrons. The summed E-state index contributed by atoms with van der Waals surface area (Å²) >= 11 is 0. The highest BCUT2D eigenvalue weighted by molar-refractivity contribution is 7.95. The minimum Gasteiger partial charge on any atom is -0.264 e. The molecule has 0 saturated heterocycles. The van der Waals surface area contributed by atoms with Crippen LogP contribution in [0.4, 0.5) is 5.69 Å². The lowest BCUT2D eigenvalue weighted by molar-refractivity contribution is 0.601. The molecule has 6 nitrogen and oxygen atoms in total. The van der Waals surface area contributed by atoms with Crippen LogP contribution in [0.1, 0.15) is 0 Å². The van der Waals surface area contributed by atoms with Gasteiger partial charge in [0.2, 0.25) is 0 Å². The smallest absolute Gasteiger partial charge is 0.264 e. The second-order valence-electron chi connectivity index (χ2n) is 2.23. The maximum Gasteiger partial charge on any atom is 0.356 e. The number of anilines is 1. The fourth-order valence-corrected chi connectivity index (χ4v) is 1.98. The van der Waals surface area contributed by atoms with Gasteiger partial charge in [-0.1, -0.05) is 18.2 Å². The third-order valence-electron chi connectivity index (χ3n) is 1.18. The van der Waals surface area contributed by atoms with Crippen molar-refractivity contribution in [3.63, 3.8) is 0 Å². The Balaban J connectivity index is 2.96. The molecule has 76 valence electrons. The average molecular weight is 234 g/mol. The molecule has 0 spiro atoms. The molecule has 0 amide bonds. The molecule has 8 heteroatoms. The van der Waals surface area contributed by atoms with Gasteiger partial charge in [0.05, 0.1) is 5.69 Å². The summed E-state index contributed by atoms with van der Waals surface area (Å²) in [7, 11) is -7.16. The van der Waals surface area contributed by atoms with Crippen LogP contribution in [-0.2, 0) is 20.7 Å². The minimum absolute atomic E-state index is 0.252. The zero-order valence-corrected chi connectivity index (χ0v) is 8.42. The van der Waals surface area contributed by atoms with Gasteiger partial charge in [-0.2, -0.15) is 16.8 Å². The van der Waals surface area contributed by atoms with E-state index in [9.17, 15) is 16.8 Å². The van der Waals surface area contributed by atoms with Crippen LogP contribution in [0.25, 0.3) is 0 Å². The SMILES string of the molecule is O=S(=O)=NS(=O)(=O)Nc1ccccc1. The van der Waals surface area contributed by atoms with Gasteiger partial charge < -0.3 is 0 Å². The molecule has 1 aromatic carbocycles. The predicted molar refractivity (Wildman–Crippen MR) is 50.3 cm³/mol. The largest absolute Gasteiger partial charge is 0.356 e. The summed E-state index contributed by atoms with van der Waals surface area (Å²) in [4.78, 5) is 0. The number of rotatable bonds is 3. The van der Waals surface area contributed by atoms with Gasteiger partial charge in [-0.3, -0.25) is 4.72 Å². The van der Waals surface area contributed by atoms with Gasteiger partial charge >= 0.3 is 20.7 Å². The van der Waals surface area contributed by atoms with Crippen LogP contribution in [0.5, 0.6) is 0 Å². The Morgan fingerprint density at radius 3 is 2.21 bits per heavy atom. The van der Waals surface area contributed by atoms with Crippen molar-refractivity contribution in [2.24, 2.45) is 3.77 Å². The first-order chi connectivity index (χ1) is 6.49. The van der Waals surface area contributed by atoms with E-state index in [4.69, 9.17) is 0 Å². The standard InChI is InChI=1S/C6H6N2O4S2/c9-13(10)8-14(11,12)7-6-4-2-1-3-5-6/h1-5,7H. The van der Waals surface area contributed by atoms with Gasteiger partial charge in [0.15, 0.2) is 0 Å². The maximum atomic E-state index is 10.9. The van der Waals surface area contributed by atoms with E-state index in [0.29, 0.717) is 0 Å². The van der Waals surface area contributed by atoms with Gasteiger partial charge in [0, 0.05) is 0 Å². The molecule has 0 saturated carbocycles. The molecule has 0 atom stereocenters. The fraction of sp³-hybridized carbons (Fsp3) is 0. The molecule has 0 aliphatic rings. The Morgan fingerprint density at radius 2 is 1.71 bits per heavy atom. The van der Waals surface area contributed by atoms with Crippen molar-refractivity contribution in [2.75, 3.05) is 4.72 Å². The molecule has 0 bridgehead atoms. The molecule has 0 aliphatic carbocycles. The number of nitrogens with one attached hydrogen (secondary N) is 1. The summed E-state index contributed by atoms with van der Waals surface area (Å²) in [6.07, 6.45) is 0. The fourth-order valence-electron chi connectivity index (χ4n) is 0.754. The van der Waals surface area contributed by atoms with E-state index in [0.717, 1.165) is 0 Å². The molecule has 1 aromatic rings. The molecular weight excluding hydrogens is 228 g/mol. The van der Waals surface area contributed by atoms with Crippen molar-refractivity contribution >= 4 is 26.4 Å². The van der Waals surface area contributed by atoms with E-state index in [2.05, 4.69) is 3.77 Å². The summed E-state index contributed by atoms with van der Waals surface area (Å²) in [6.45, 7) is 0. The van der Waals surface area contributed by atoms with Crippen molar-refractivity contribution in [2.45, 2.75) is 0 Å². The summed E-state index contributed by atoms with van der Waals surface area (Å²) in [5, 5.41) is 0. The van der Waals surface area contributed by atoms with E-state index >= 15 is 0 Å². The monoisotopic (exact) mass is 234 g/mol. The third kappa shape index (κ3) is 3.54. The lowest BCUT2D eigenvalue weighted by Gasteiger charge is -1.99. The van der Waals surface area contributed by atoms with Crippen LogP contribution in [-0.4, -0.2) is 16.8 Å². The molecule has 0 unspecified atom stereocenters. The van der Waals surface area contributed by atoms with Crippen LogP contribution < -0.4 is 4.72 Å². The highest BCUT2D eigenvalue weighted by Crippen LogP contribution is 2.07. The van der Waals surface area contributed by atoms with Gasteiger partial charge in [0.1, 0.15) is 0 Å². The summed E-state index contributed by atoms with van der Waals surface area (Å²) in [6, 6.07) is 7.85. The molecular formula is C6H6N2O4S2. The highest BCUT2D eigenvalue weighted by Gasteiger charge is 2.07. The topological polar surface area (TPSA) is 92.7 Å². The minimum atomic E-state index is -4.17. The van der Waals surface area contributed by atoms with Crippen molar-refractivity contribution < 1.29 is 16.8 Å². The first-order valence-corrected chi connectivity index (χ1v) is 5.87. The zero-order chi connectivity index (χ0) is 10.6. The molecule has 0 fully saturated rings. The van der Waals surface area contributed by atoms with Crippen LogP contribution in [0.2, 0.25) is 0 Å². The molecule has 0 aromatic heterocycles. The van der Waals surface area contributed by atoms with Crippen molar-refractivity contribution in [3.8, 4) is 0 Å². The number of benzene rings is 1. The summed E-state index contributed by atoms with van der Waals surface area (Å²) in [5.41, 5.74) is 0.252. The first-order valence-electron chi connectivity index (χ1n) is 3.40. The summed E-state index contributed by atoms with van der Waals surface area (Å²) < 4.78 is 46.4. The van der Waals surface area contributed by atoms with Gasteiger partial charge in [-0.15, -0.1) is 0 Å². The van der Waals surface area contributed by atoms with E-state index in [1.165, 1.54) is 12.1 Å². The molecule has 14 heavy (non-hydrogen) atoms. The average Bonchev–Trinajstić information content (AvgIpc) is 2.02. The Kier molecular flexibility index (Phi) is 3.20. The Hall–Kier alpha value is -1.41. The molecule has 1 N–H and O–H groups in total. The number of nitrogens with zero attached hydrogens (tertiary/aromatic N) is 1. The van der Waals surface area contributed by atoms with Crippen molar-refractivity contribution in [3.05, 3.63) is 30.3 Å². The lowest BCUT2D eigenvalue weighted by Crippen LogP contribution is -2.08. The lowest BCUT2D eigenvalue weighted by atomic mass is 10.3. The predicted octanol–water partition coefficient (Wildman–Crippen LogP) is 0.406. The van der Waals surface area contributed by atoms with Crippen LogP contribution in [0.3, 0.4) is 0 Å². The third-order valence-corrected chi connectivity index (χ3v) is 2.95. The van der Waals surface area contributed by atoms with Crippen LogP contribution in [0.15, 0.2) is 34.1 Å². The van der Waals surface area contributed by atoms with Crippen LogP contribution in [0, 0.1) is 0 Å². The second kappa shape index (κ2) is 4.20. The second-order valence-corrected chi connectivity index (χ2v) is 4.42. The van der Waals surface area contributed by atoms with Crippen molar-refractivity contribution in [1.29, 1.82) is 0 Å². The molecule has 1 rings (SSSR count). The maximum absolute atomic E-state index is 10.9. The van der Waals surface area contributed by atoms with E-state index in [1.54, 1.807) is 18.2 Å². The van der Waals surface area contributed by atoms with E-state index in [1.807, 2.05) is 4.72 Å². The Bertz CT molecular complexity index is 524. The Labute approximate surface area is 82.5 Å². The van der Waals surface area contributed by atoms with Crippen molar-refractivity contribution in [1.82, 2.24) is 0 Å². The molecule has 0 aliphatic heterocycles. The number of para-hydroxylation sites is 1. The quantitative estimate of drug-likeness (QED) is 0.819. The number of hydrogen-bond acceptors (Lipinski definition) is 4. The summed E-state index contributed by atoms with van der Waals surface area (Å²) in [5.74, 6) is 0. The molecule has 0 heterocycles. The van der Waals surface area contributed by atoms with Gasteiger partial charge in [-0.05, 0) is 15.9 Å². The first kappa shape index (κ1) is 10.7. The zero-order valence-electron chi connectivity index (χ0n) is 6.78. The van der Waals surface area contributed by atoms with E-state index < -0.39 is 20.7 Å². The van der Waals surface area contributed by atoms with E-state index in [-0.39, 0.29) is 5.69 Å².